The molecule has 100 valence electrons. The summed E-state index contributed by atoms with van der Waals surface area (Å²) in [7, 11) is 0. The summed E-state index contributed by atoms with van der Waals surface area (Å²) in [5, 5.41) is 8.91. The molecule has 0 aromatic heterocycles. The Morgan fingerprint density at radius 1 is 1.39 bits per heavy atom. The van der Waals surface area contributed by atoms with Crippen molar-refractivity contribution in [2.24, 2.45) is 0 Å². The summed E-state index contributed by atoms with van der Waals surface area (Å²) in [6.45, 7) is 6.13. The monoisotopic (exact) mass is 317 g/mol. The van der Waals surface area contributed by atoms with Gasteiger partial charge < -0.3 is 5.11 Å². The van der Waals surface area contributed by atoms with Crippen LogP contribution in [0.2, 0.25) is 0 Å². The van der Waals surface area contributed by atoms with Gasteiger partial charge in [-0.15, -0.1) is 0 Å². The molecule has 0 aliphatic rings. The van der Waals surface area contributed by atoms with Crippen molar-refractivity contribution in [2.75, 3.05) is 6.54 Å². The van der Waals surface area contributed by atoms with Crippen molar-refractivity contribution in [2.45, 2.75) is 32.9 Å². The van der Waals surface area contributed by atoms with E-state index in [2.05, 4.69) is 15.9 Å². The third-order valence-electron chi connectivity index (χ3n) is 2.57. The Balaban J connectivity index is 2.92. The van der Waals surface area contributed by atoms with Gasteiger partial charge in [-0.2, -0.15) is 0 Å². The molecular weight excluding hydrogens is 301 g/mol. The molecular formula is C13H17BrFNO2. The van der Waals surface area contributed by atoms with Gasteiger partial charge in [0.25, 0.3) is 0 Å². The number of rotatable bonds is 4. The van der Waals surface area contributed by atoms with Crippen molar-refractivity contribution in [3.63, 3.8) is 0 Å². The predicted molar refractivity (Wildman–Crippen MR) is 71.9 cm³/mol. The Hall–Kier alpha value is -0.940. The van der Waals surface area contributed by atoms with E-state index in [0.717, 1.165) is 5.56 Å². The van der Waals surface area contributed by atoms with Crippen LogP contribution in [0.5, 0.6) is 0 Å². The second-order valence-corrected chi connectivity index (χ2v) is 6.11. The lowest BCUT2D eigenvalue weighted by Crippen LogP contribution is -2.43. The lowest BCUT2D eigenvalue weighted by molar-refractivity contribution is -0.139. The molecule has 1 aromatic rings. The van der Waals surface area contributed by atoms with E-state index < -0.39 is 5.97 Å². The highest BCUT2D eigenvalue weighted by atomic mass is 79.9. The van der Waals surface area contributed by atoms with Gasteiger partial charge in [0.1, 0.15) is 5.82 Å². The summed E-state index contributed by atoms with van der Waals surface area (Å²) >= 11 is 3.23. The van der Waals surface area contributed by atoms with E-state index in [0.29, 0.717) is 11.0 Å². The molecule has 0 unspecified atom stereocenters. The van der Waals surface area contributed by atoms with Crippen LogP contribution in [0.4, 0.5) is 4.39 Å². The molecule has 18 heavy (non-hydrogen) atoms. The number of carboxylic acid groups (broad SMARTS) is 1. The molecule has 1 rings (SSSR count). The number of benzene rings is 1. The molecule has 0 aliphatic carbocycles. The molecule has 0 fully saturated rings. The molecule has 0 aliphatic heterocycles. The molecule has 5 heteroatoms. The standard InChI is InChI=1S/C13H17BrFNO2/c1-13(2,3)16(8-12(17)18)7-9-4-10(14)6-11(15)5-9/h4-6H,7-8H2,1-3H3,(H,17,18). The highest BCUT2D eigenvalue weighted by Gasteiger charge is 2.23. The van der Waals surface area contributed by atoms with Gasteiger partial charge in [-0.1, -0.05) is 15.9 Å². The van der Waals surface area contributed by atoms with Gasteiger partial charge in [-0.05, 0) is 44.5 Å². The second kappa shape index (κ2) is 5.80. The van der Waals surface area contributed by atoms with Crippen molar-refractivity contribution >= 4 is 21.9 Å². The minimum atomic E-state index is -0.889. The van der Waals surface area contributed by atoms with Gasteiger partial charge in [-0.3, -0.25) is 9.69 Å². The number of halogens is 2. The largest absolute Gasteiger partial charge is 0.480 e. The number of carboxylic acids is 1. The highest BCUT2D eigenvalue weighted by Crippen LogP contribution is 2.20. The van der Waals surface area contributed by atoms with Gasteiger partial charge in [0.2, 0.25) is 0 Å². The molecule has 0 heterocycles. The van der Waals surface area contributed by atoms with Crippen LogP contribution in [0.1, 0.15) is 26.3 Å². The first-order valence-electron chi connectivity index (χ1n) is 5.60. The van der Waals surface area contributed by atoms with E-state index >= 15 is 0 Å². The van der Waals surface area contributed by atoms with Gasteiger partial charge >= 0.3 is 5.97 Å². The van der Waals surface area contributed by atoms with E-state index in [-0.39, 0.29) is 17.9 Å². The summed E-state index contributed by atoms with van der Waals surface area (Å²) in [6, 6.07) is 4.59. The summed E-state index contributed by atoms with van der Waals surface area (Å²) in [6.07, 6.45) is 0. The van der Waals surface area contributed by atoms with Crippen LogP contribution in [0.25, 0.3) is 0 Å². The van der Waals surface area contributed by atoms with Crippen LogP contribution in [-0.2, 0) is 11.3 Å². The van der Waals surface area contributed by atoms with Crippen LogP contribution in [0, 0.1) is 5.82 Å². The zero-order chi connectivity index (χ0) is 13.9. The van der Waals surface area contributed by atoms with E-state index in [1.807, 2.05) is 20.8 Å². The van der Waals surface area contributed by atoms with E-state index in [4.69, 9.17) is 5.11 Å². The van der Waals surface area contributed by atoms with E-state index in [1.54, 1.807) is 11.0 Å². The van der Waals surface area contributed by atoms with Crippen molar-refractivity contribution in [1.82, 2.24) is 4.90 Å². The van der Waals surface area contributed by atoms with Crippen LogP contribution in [0.3, 0.4) is 0 Å². The lowest BCUT2D eigenvalue weighted by Gasteiger charge is -2.34. The summed E-state index contributed by atoms with van der Waals surface area (Å²) in [5.41, 5.74) is 0.454. The minimum absolute atomic E-state index is 0.0718. The third-order valence-corrected chi connectivity index (χ3v) is 3.03. The average Bonchev–Trinajstić information content (AvgIpc) is 2.12. The predicted octanol–water partition coefficient (Wildman–Crippen LogP) is 3.27. The van der Waals surface area contributed by atoms with Crippen LogP contribution in [-0.4, -0.2) is 28.1 Å². The summed E-state index contributed by atoms with van der Waals surface area (Å²) in [4.78, 5) is 12.6. The molecule has 0 radical (unpaired) electrons. The molecule has 0 atom stereocenters. The number of carbonyl (C=O) groups is 1. The van der Waals surface area contributed by atoms with Crippen LogP contribution >= 0.6 is 15.9 Å². The molecule has 1 N–H and O–H groups in total. The zero-order valence-corrected chi connectivity index (χ0v) is 12.3. The first-order valence-corrected chi connectivity index (χ1v) is 6.39. The first-order chi connectivity index (χ1) is 8.18. The number of hydrogen-bond acceptors (Lipinski definition) is 2. The van der Waals surface area contributed by atoms with Crippen molar-refractivity contribution in [3.8, 4) is 0 Å². The minimum Gasteiger partial charge on any atom is -0.480 e. The first kappa shape index (κ1) is 15.1. The quantitative estimate of drug-likeness (QED) is 0.926. The fraction of sp³-hybridized carbons (Fsp3) is 0.462. The van der Waals surface area contributed by atoms with Crippen LogP contribution in [0.15, 0.2) is 22.7 Å². The normalized spacial score (nSPS) is 11.9. The van der Waals surface area contributed by atoms with Crippen molar-refractivity contribution < 1.29 is 14.3 Å². The van der Waals surface area contributed by atoms with Gasteiger partial charge in [0, 0.05) is 16.6 Å². The van der Waals surface area contributed by atoms with Gasteiger partial charge in [0.15, 0.2) is 0 Å². The maximum atomic E-state index is 13.3. The Labute approximate surface area is 115 Å². The lowest BCUT2D eigenvalue weighted by atomic mass is 10.0. The SMILES string of the molecule is CC(C)(C)N(CC(=O)O)Cc1cc(F)cc(Br)c1. The van der Waals surface area contributed by atoms with Gasteiger partial charge in [0.05, 0.1) is 6.54 Å². The number of nitrogens with zero attached hydrogens (tertiary/aromatic N) is 1. The maximum Gasteiger partial charge on any atom is 0.317 e. The maximum absolute atomic E-state index is 13.3. The smallest absolute Gasteiger partial charge is 0.317 e. The number of aliphatic carboxylic acids is 1. The molecule has 0 saturated heterocycles. The zero-order valence-electron chi connectivity index (χ0n) is 10.7. The molecule has 0 spiro atoms. The number of hydrogen-bond donors (Lipinski definition) is 1. The Kier molecular flexibility index (Phi) is 4.87. The Morgan fingerprint density at radius 2 is 2.00 bits per heavy atom. The molecule has 0 saturated carbocycles. The van der Waals surface area contributed by atoms with E-state index in [1.165, 1.54) is 12.1 Å². The fourth-order valence-corrected chi connectivity index (χ4v) is 2.13. The second-order valence-electron chi connectivity index (χ2n) is 5.20. The average molecular weight is 318 g/mol. The highest BCUT2D eigenvalue weighted by molar-refractivity contribution is 9.10. The van der Waals surface area contributed by atoms with Crippen molar-refractivity contribution in [3.05, 3.63) is 34.1 Å². The Morgan fingerprint density at radius 3 is 2.44 bits per heavy atom. The molecule has 0 amide bonds. The topological polar surface area (TPSA) is 40.5 Å². The fourth-order valence-electron chi connectivity index (χ4n) is 1.62. The van der Waals surface area contributed by atoms with Crippen molar-refractivity contribution in [1.29, 1.82) is 0 Å². The summed E-state index contributed by atoms with van der Waals surface area (Å²) in [5.74, 6) is -1.22. The summed E-state index contributed by atoms with van der Waals surface area (Å²) < 4.78 is 13.9. The van der Waals surface area contributed by atoms with Gasteiger partial charge in [-0.25, -0.2) is 4.39 Å². The van der Waals surface area contributed by atoms with Crippen LogP contribution < -0.4 is 0 Å². The Bertz CT molecular complexity index is 423. The molecule has 3 nitrogen and oxygen atoms in total. The molecule has 0 bridgehead atoms. The van der Waals surface area contributed by atoms with E-state index in [9.17, 15) is 9.18 Å². The third kappa shape index (κ3) is 4.74. The molecule has 1 aromatic carbocycles.